The monoisotopic (exact) mass is 482 g/mol. The summed E-state index contributed by atoms with van der Waals surface area (Å²) in [5.41, 5.74) is 1.18. The van der Waals surface area contributed by atoms with Crippen LogP contribution in [0.3, 0.4) is 0 Å². The zero-order chi connectivity index (χ0) is 23.1. The predicted molar refractivity (Wildman–Crippen MR) is 117 cm³/mol. The van der Waals surface area contributed by atoms with Crippen molar-refractivity contribution in [2.75, 3.05) is 37.7 Å². The summed E-state index contributed by atoms with van der Waals surface area (Å²) in [5.74, 6) is -0.745. The SMILES string of the molecule is Cc1ccc(S(=O)(=O)N2CCN(C(=O)C3=NN([C@@H]4CCS(=O)(=O)C4)C(=O)CC3)CC2)cc1. The Morgan fingerprint density at radius 3 is 2.31 bits per heavy atom. The molecule has 0 aromatic heterocycles. The van der Waals surface area contributed by atoms with E-state index in [1.807, 2.05) is 6.92 Å². The van der Waals surface area contributed by atoms with Crippen molar-refractivity contribution in [2.45, 2.75) is 37.1 Å². The van der Waals surface area contributed by atoms with Crippen LogP contribution in [-0.4, -0.2) is 92.3 Å². The molecule has 0 unspecified atom stereocenters. The average Bonchev–Trinajstić information content (AvgIpc) is 3.13. The smallest absolute Gasteiger partial charge is 0.270 e. The van der Waals surface area contributed by atoms with E-state index in [0.29, 0.717) is 6.42 Å². The van der Waals surface area contributed by atoms with Crippen LogP contribution >= 0.6 is 0 Å². The molecule has 2 saturated heterocycles. The lowest BCUT2D eigenvalue weighted by molar-refractivity contribution is -0.134. The van der Waals surface area contributed by atoms with E-state index in [0.717, 1.165) is 5.56 Å². The van der Waals surface area contributed by atoms with E-state index in [1.54, 1.807) is 29.2 Å². The second-order valence-corrected chi connectivity index (χ2v) is 12.5. The van der Waals surface area contributed by atoms with Crippen molar-refractivity contribution >= 4 is 37.4 Å². The highest BCUT2D eigenvalue weighted by Gasteiger charge is 2.38. The number of piperazine rings is 1. The van der Waals surface area contributed by atoms with E-state index >= 15 is 0 Å². The van der Waals surface area contributed by atoms with Gasteiger partial charge in [0.25, 0.3) is 5.91 Å². The Labute approximate surface area is 187 Å². The van der Waals surface area contributed by atoms with Gasteiger partial charge in [0.05, 0.1) is 22.4 Å². The van der Waals surface area contributed by atoms with Crippen LogP contribution < -0.4 is 0 Å². The summed E-state index contributed by atoms with van der Waals surface area (Å²) in [5, 5.41) is 5.39. The third-order valence-corrected chi connectivity index (χ3v) is 9.71. The van der Waals surface area contributed by atoms with Crippen LogP contribution in [0.4, 0.5) is 0 Å². The van der Waals surface area contributed by atoms with Crippen LogP contribution in [-0.2, 0) is 29.4 Å². The quantitative estimate of drug-likeness (QED) is 0.595. The van der Waals surface area contributed by atoms with Crippen LogP contribution in [0.2, 0.25) is 0 Å². The molecule has 0 radical (unpaired) electrons. The third-order valence-electron chi connectivity index (χ3n) is 6.05. The molecule has 1 aromatic carbocycles. The lowest BCUT2D eigenvalue weighted by Crippen LogP contribution is -2.53. The molecular weight excluding hydrogens is 456 g/mol. The molecule has 12 heteroatoms. The second kappa shape index (κ2) is 8.56. The molecule has 0 aliphatic carbocycles. The largest absolute Gasteiger partial charge is 0.335 e. The number of hydrazone groups is 1. The Balaban J connectivity index is 1.42. The maximum atomic E-state index is 13.0. The lowest BCUT2D eigenvalue weighted by atomic mass is 10.1. The molecule has 10 nitrogen and oxygen atoms in total. The van der Waals surface area contributed by atoms with Gasteiger partial charge in [0.2, 0.25) is 15.9 Å². The van der Waals surface area contributed by atoms with E-state index < -0.39 is 25.9 Å². The van der Waals surface area contributed by atoms with Crippen molar-refractivity contribution < 1.29 is 26.4 Å². The van der Waals surface area contributed by atoms with Crippen molar-refractivity contribution in [3.05, 3.63) is 29.8 Å². The van der Waals surface area contributed by atoms with Gasteiger partial charge in [-0.05, 0) is 25.5 Å². The number of amides is 2. The first-order valence-electron chi connectivity index (χ1n) is 10.5. The molecule has 3 heterocycles. The molecule has 32 heavy (non-hydrogen) atoms. The number of hydrogen-bond acceptors (Lipinski definition) is 7. The van der Waals surface area contributed by atoms with Crippen molar-refractivity contribution in [2.24, 2.45) is 5.10 Å². The van der Waals surface area contributed by atoms with E-state index in [-0.39, 0.29) is 72.9 Å². The zero-order valence-corrected chi connectivity index (χ0v) is 19.4. The molecular formula is C20H26N4O6S2. The van der Waals surface area contributed by atoms with Crippen molar-refractivity contribution in [1.29, 1.82) is 0 Å². The van der Waals surface area contributed by atoms with Crippen molar-refractivity contribution in [3.63, 3.8) is 0 Å². The summed E-state index contributed by atoms with van der Waals surface area (Å²) in [6.45, 7) is 2.65. The summed E-state index contributed by atoms with van der Waals surface area (Å²) in [6, 6.07) is 6.11. The maximum absolute atomic E-state index is 13.0. The number of aryl methyl sites for hydroxylation is 1. The minimum atomic E-state index is -3.64. The van der Waals surface area contributed by atoms with Gasteiger partial charge in [-0.3, -0.25) is 9.59 Å². The van der Waals surface area contributed by atoms with Gasteiger partial charge in [0.15, 0.2) is 9.84 Å². The molecule has 2 fully saturated rings. The fourth-order valence-corrected chi connectivity index (χ4v) is 7.27. The summed E-state index contributed by atoms with van der Waals surface area (Å²) < 4.78 is 50.6. The van der Waals surface area contributed by atoms with Gasteiger partial charge >= 0.3 is 0 Å². The number of carbonyl (C=O) groups excluding carboxylic acids is 2. The predicted octanol–water partition coefficient (Wildman–Crippen LogP) is -0.00658. The van der Waals surface area contributed by atoms with Gasteiger partial charge in [0.1, 0.15) is 5.71 Å². The molecule has 2 amide bonds. The molecule has 0 N–H and O–H groups in total. The second-order valence-electron chi connectivity index (χ2n) is 8.35. The van der Waals surface area contributed by atoms with Crippen LogP contribution in [0.15, 0.2) is 34.3 Å². The Kier molecular flexibility index (Phi) is 6.12. The van der Waals surface area contributed by atoms with E-state index in [9.17, 15) is 26.4 Å². The fraction of sp³-hybridized carbons (Fsp3) is 0.550. The number of hydrogen-bond donors (Lipinski definition) is 0. The van der Waals surface area contributed by atoms with Gasteiger partial charge in [-0.25, -0.2) is 21.8 Å². The molecule has 4 rings (SSSR count). The third kappa shape index (κ3) is 4.57. The standard InChI is InChI=1S/C20H26N4O6S2/c1-15-2-4-17(5-3-15)32(29,30)23-11-9-22(10-12-23)20(26)18-6-7-19(25)24(21-18)16-8-13-31(27,28)14-16/h2-5,16H,6-14H2,1H3/t16-/m1/s1. The first kappa shape index (κ1) is 22.9. The van der Waals surface area contributed by atoms with Crippen LogP contribution in [0.5, 0.6) is 0 Å². The van der Waals surface area contributed by atoms with Crippen LogP contribution in [0.25, 0.3) is 0 Å². The first-order valence-corrected chi connectivity index (χ1v) is 13.8. The minimum absolute atomic E-state index is 0.0116. The summed E-state index contributed by atoms with van der Waals surface area (Å²) in [6.07, 6.45) is 0.604. The average molecular weight is 483 g/mol. The molecule has 1 aromatic rings. The number of rotatable bonds is 4. The number of carbonyl (C=O) groups is 2. The number of benzene rings is 1. The Morgan fingerprint density at radius 2 is 1.72 bits per heavy atom. The number of sulfone groups is 1. The number of nitrogens with zero attached hydrogens (tertiary/aromatic N) is 4. The minimum Gasteiger partial charge on any atom is -0.335 e. The summed E-state index contributed by atoms with van der Waals surface area (Å²) in [4.78, 5) is 27.0. The Hall–Kier alpha value is -2.31. The highest BCUT2D eigenvalue weighted by atomic mass is 32.2. The topological polar surface area (TPSA) is 124 Å². The Bertz CT molecular complexity index is 1150. The van der Waals surface area contributed by atoms with Crippen LogP contribution in [0, 0.1) is 6.92 Å². The molecule has 1 atom stereocenters. The summed E-state index contributed by atoms with van der Waals surface area (Å²) >= 11 is 0. The molecule has 0 bridgehead atoms. The van der Waals surface area contributed by atoms with Crippen molar-refractivity contribution in [3.8, 4) is 0 Å². The van der Waals surface area contributed by atoms with Gasteiger partial charge in [-0.2, -0.15) is 9.41 Å². The number of sulfonamides is 1. The van der Waals surface area contributed by atoms with Crippen LogP contribution in [0.1, 0.15) is 24.8 Å². The van der Waals surface area contributed by atoms with E-state index in [4.69, 9.17) is 0 Å². The zero-order valence-electron chi connectivity index (χ0n) is 17.8. The fourth-order valence-electron chi connectivity index (χ4n) is 4.15. The van der Waals surface area contributed by atoms with E-state index in [2.05, 4.69) is 5.10 Å². The maximum Gasteiger partial charge on any atom is 0.270 e. The van der Waals surface area contributed by atoms with Gasteiger partial charge < -0.3 is 4.90 Å². The highest BCUT2D eigenvalue weighted by Crippen LogP contribution is 2.23. The lowest BCUT2D eigenvalue weighted by Gasteiger charge is -2.35. The van der Waals surface area contributed by atoms with E-state index in [1.165, 1.54) is 9.31 Å². The van der Waals surface area contributed by atoms with Gasteiger partial charge in [0, 0.05) is 39.0 Å². The van der Waals surface area contributed by atoms with Gasteiger partial charge in [-0.1, -0.05) is 17.7 Å². The molecule has 0 spiro atoms. The van der Waals surface area contributed by atoms with Crippen molar-refractivity contribution in [1.82, 2.24) is 14.2 Å². The Morgan fingerprint density at radius 1 is 1.06 bits per heavy atom. The molecule has 0 saturated carbocycles. The molecule has 3 aliphatic rings. The highest BCUT2D eigenvalue weighted by molar-refractivity contribution is 7.91. The summed E-state index contributed by atoms with van der Waals surface area (Å²) in [7, 11) is -6.83. The first-order chi connectivity index (χ1) is 15.1. The molecule has 174 valence electrons. The van der Waals surface area contributed by atoms with Gasteiger partial charge in [-0.15, -0.1) is 0 Å². The normalized spacial score (nSPS) is 24.5. The molecule has 3 aliphatic heterocycles.